The standard InChI is InChI=1S/C25H34FNO4/c1-15-7-17-10-18(8-15)13-25(3,12-17)14-31-22-11-20(26)19(9-16(22)2)23(28)27-6-4-5-21(27)24(29)30/h9,11,15,17-18,21H,4-8,10,12-14H2,1-3H3,(H,29,30). The molecule has 2 aliphatic carbocycles. The Hall–Kier alpha value is -2.11. The van der Waals surface area contributed by atoms with Gasteiger partial charge in [0.1, 0.15) is 17.6 Å². The summed E-state index contributed by atoms with van der Waals surface area (Å²) in [7, 11) is 0. The van der Waals surface area contributed by atoms with E-state index in [2.05, 4.69) is 13.8 Å². The fourth-order valence-electron chi connectivity index (χ4n) is 6.48. The molecule has 3 fully saturated rings. The summed E-state index contributed by atoms with van der Waals surface area (Å²) in [6.45, 7) is 7.34. The summed E-state index contributed by atoms with van der Waals surface area (Å²) in [4.78, 5) is 25.5. The third kappa shape index (κ3) is 4.58. The molecule has 1 saturated heterocycles. The molecule has 4 rings (SSSR count). The summed E-state index contributed by atoms with van der Waals surface area (Å²) in [6.07, 6.45) is 7.24. The van der Waals surface area contributed by atoms with E-state index in [4.69, 9.17) is 4.74 Å². The van der Waals surface area contributed by atoms with Crippen LogP contribution >= 0.6 is 0 Å². The van der Waals surface area contributed by atoms with Crippen molar-refractivity contribution in [3.8, 4) is 5.75 Å². The van der Waals surface area contributed by atoms with Crippen LogP contribution in [-0.2, 0) is 4.79 Å². The quantitative estimate of drug-likeness (QED) is 0.708. The van der Waals surface area contributed by atoms with Crippen LogP contribution < -0.4 is 4.74 Å². The highest BCUT2D eigenvalue weighted by Gasteiger charge is 2.41. The zero-order chi connectivity index (χ0) is 22.3. The van der Waals surface area contributed by atoms with Crippen molar-refractivity contribution in [2.45, 2.75) is 71.8 Å². The van der Waals surface area contributed by atoms with Gasteiger partial charge in [-0.15, -0.1) is 0 Å². The molecule has 1 N–H and O–H groups in total. The number of nitrogens with zero attached hydrogens (tertiary/aromatic N) is 1. The number of fused-ring (bicyclic) bond motifs is 2. The first-order chi connectivity index (χ1) is 14.6. The van der Waals surface area contributed by atoms with Gasteiger partial charge in [0.15, 0.2) is 0 Å². The molecule has 0 aromatic heterocycles. The van der Waals surface area contributed by atoms with Gasteiger partial charge >= 0.3 is 5.97 Å². The third-order valence-corrected chi connectivity index (χ3v) is 7.57. The van der Waals surface area contributed by atoms with E-state index in [0.717, 1.165) is 30.6 Å². The van der Waals surface area contributed by atoms with Gasteiger partial charge in [-0.1, -0.05) is 13.8 Å². The molecule has 1 amide bonds. The van der Waals surface area contributed by atoms with Crippen LogP contribution in [0.5, 0.6) is 5.75 Å². The zero-order valence-corrected chi connectivity index (χ0v) is 18.8. The highest BCUT2D eigenvalue weighted by molar-refractivity contribution is 5.97. The van der Waals surface area contributed by atoms with Gasteiger partial charge in [-0.2, -0.15) is 0 Å². The summed E-state index contributed by atoms with van der Waals surface area (Å²) in [5.41, 5.74) is 0.713. The normalized spacial score (nSPS) is 32.7. The maximum absolute atomic E-state index is 14.9. The summed E-state index contributed by atoms with van der Waals surface area (Å²) < 4.78 is 21.0. The maximum atomic E-state index is 14.9. The molecule has 3 aliphatic rings. The van der Waals surface area contributed by atoms with Gasteiger partial charge in [0.25, 0.3) is 5.91 Å². The fourth-order valence-corrected chi connectivity index (χ4v) is 6.48. The number of carbonyl (C=O) groups is 2. The summed E-state index contributed by atoms with van der Waals surface area (Å²) in [6, 6.07) is 1.92. The van der Waals surface area contributed by atoms with E-state index in [9.17, 15) is 19.1 Å². The molecule has 6 heteroatoms. The fraction of sp³-hybridized carbons (Fsp3) is 0.680. The van der Waals surface area contributed by atoms with Crippen molar-refractivity contribution < 1.29 is 23.8 Å². The smallest absolute Gasteiger partial charge is 0.326 e. The molecule has 2 bridgehead atoms. The molecule has 1 aliphatic heterocycles. The Morgan fingerprint density at radius 3 is 2.55 bits per heavy atom. The van der Waals surface area contributed by atoms with Gasteiger partial charge in [0.2, 0.25) is 0 Å². The minimum Gasteiger partial charge on any atom is -0.493 e. The van der Waals surface area contributed by atoms with Crippen LogP contribution in [0.2, 0.25) is 0 Å². The molecular weight excluding hydrogens is 397 g/mol. The topological polar surface area (TPSA) is 66.8 Å². The van der Waals surface area contributed by atoms with Crippen molar-refractivity contribution >= 4 is 11.9 Å². The molecule has 1 aromatic rings. The summed E-state index contributed by atoms with van der Waals surface area (Å²) in [5, 5.41) is 9.33. The van der Waals surface area contributed by atoms with Gasteiger partial charge in [-0.25, -0.2) is 9.18 Å². The molecule has 3 unspecified atom stereocenters. The van der Waals surface area contributed by atoms with Crippen molar-refractivity contribution in [3.63, 3.8) is 0 Å². The number of amides is 1. The lowest BCUT2D eigenvalue weighted by atomic mass is 9.60. The lowest BCUT2D eigenvalue weighted by molar-refractivity contribution is -0.141. The molecule has 170 valence electrons. The Labute approximate surface area is 184 Å². The number of hydrogen-bond donors (Lipinski definition) is 1. The molecule has 31 heavy (non-hydrogen) atoms. The van der Waals surface area contributed by atoms with Crippen LogP contribution in [0.3, 0.4) is 0 Å². The number of likely N-dealkylation sites (tertiary alicyclic amines) is 1. The largest absolute Gasteiger partial charge is 0.493 e. The summed E-state index contributed by atoms with van der Waals surface area (Å²) in [5.74, 6) is 0.554. The van der Waals surface area contributed by atoms with Crippen LogP contribution in [0, 0.1) is 35.9 Å². The van der Waals surface area contributed by atoms with E-state index in [1.807, 2.05) is 6.92 Å². The Morgan fingerprint density at radius 1 is 1.23 bits per heavy atom. The van der Waals surface area contributed by atoms with E-state index in [1.165, 1.54) is 36.3 Å². The number of halogens is 1. The average molecular weight is 432 g/mol. The van der Waals surface area contributed by atoms with E-state index >= 15 is 0 Å². The minimum atomic E-state index is -1.04. The van der Waals surface area contributed by atoms with Crippen molar-refractivity contribution in [1.29, 1.82) is 0 Å². The van der Waals surface area contributed by atoms with Crippen LogP contribution in [0.1, 0.15) is 74.7 Å². The molecule has 0 radical (unpaired) electrons. The van der Waals surface area contributed by atoms with Gasteiger partial charge in [0.05, 0.1) is 12.2 Å². The first-order valence-corrected chi connectivity index (χ1v) is 11.6. The number of carbonyl (C=O) groups excluding carboxylic acids is 1. The van der Waals surface area contributed by atoms with Crippen molar-refractivity contribution in [3.05, 3.63) is 29.1 Å². The molecule has 1 aromatic carbocycles. The SMILES string of the molecule is Cc1cc(C(=O)N2CCCC2C(=O)O)c(F)cc1OCC1(C)CC2CC(C)CC(C2)C1. The first kappa shape index (κ1) is 22.1. The van der Waals surface area contributed by atoms with Gasteiger partial charge < -0.3 is 14.7 Å². The predicted molar refractivity (Wildman–Crippen MR) is 116 cm³/mol. The summed E-state index contributed by atoms with van der Waals surface area (Å²) >= 11 is 0. The lowest BCUT2D eigenvalue weighted by Gasteiger charge is -2.47. The van der Waals surface area contributed by atoms with E-state index in [-0.39, 0.29) is 11.0 Å². The van der Waals surface area contributed by atoms with E-state index in [0.29, 0.717) is 37.3 Å². The third-order valence-electron chi connectivity index (χ3n) is 7.57. The molecule has 3 atom stereocenters. The number of ether oxygens (including phenoxy) is 1. The maximum Gasteiger partial charge on any atom is 0.326 e. The number of carboxylic acids is 1. The van der Waals surface area contributed by atoms with Crippen LogP contribution in [0.25, 0.3) is 0 Å². The number of carboxylic acid groups (broad SMARTS) is 1. The Balaban J connectivity index is 1.45. The van der Waals surface area contributed by atoms with Crippen molar-refractivity contribution in [2.75, 3.05) is 13.2 Å². The van der Waals surface area contributed by atoms with Gasteiger partial charge in [-0.05, 0) is 81.3 Å². The second-order valence-electron chi connectivity index (χ2n) is 10.6. The minimum absolute atomic E-state index is 0.0783. The number of aliphatic carboxylic acids is 1. The van der Waals surface area contributed by atoms with E-state index < -0.39 is 23.7 Å². The lowest BCUT2D eigenvalue weighted by Crippen LogP contribution is -2.40. The van der Waals surface area contributed by atoms with Gasteiger partial charge in [0, 0.05) is 18.0 Å². The van der Waals surface area contributed by atoms with E-state index in [1.54, 1.807) is 0 Å². The molecule has 5 nitrogen and oxygen atoms in total. The van der Waals surface area contributed by atoms with Crippen molar-refractivity contribution in [1.82, 2.24) is 4.90 Å². The Morgan fingerprint density at radius 2 is 1.90 bits per heavy atom. The number of hydrogen-bond acceptors (Lipinski definition) is 3. The molecular formula is C25H34FNO4. The predicted octanol–water partition coefficient (Wildman–Crippen LogP) is 5.05. The zero-order valence-electron chi connectivity index (χ0n) is 18.8. The number of benzene rings is 1. The highest BCUT2D eigenvalue weighted by Crippen LogP contribution is 2.50. The molecule has 1 heterocycles. The number of rotatable bonds is 5. The Bertz CT molecular complexity index is 851. The number of aryl methyl sites for hydroxylation is 1. The van der Waals surface area contributed by atoms with Crippen LogP contribution in [-0.4, -0.2) is 41.1 Å². The molecule has 0 spiro atoms. The van der Waals surface area contributed by atoms with Crippen LogP contribution in [0.4, 0.5) is 4.39 Å². The van der Waals surface area contributed by atoms with Crippen molar-refractivity contribution in [2.24, 2.45) is 23.2 Å². The van der Waals surface area contributed by atoms with Gasteiger partial charge in [-0.3, -0.25) is 4.79 Å². The second kappa shape index (κ2) is 8.44. The van der Waals surface area contributed by atoms with Crippen LogP contribution in [0.15, 0.2) is 12.1 Å². The Kier molecular flexibility index (Phi) is 6.01. The first-order valence-electron chi connectivity index (χ1n) is 11.6. The molecule has 2 saturated carbocycles. The average Bonchev–Trinajstić information content (AvgIpc) is 3.17. The second-order valence-corrected chi connectivity index (χ2v) is 10.6. The highest BCUT2D eigenvalue weighted by atomic mass is 19.1. The monoisotopic (exact) mass is 431 g/mol.